The number of aromatic nitrogens is 2. The quantitative estimate of drug-likeness (QED) is 0.488. The zero-order valence-corrected chi connectivity index (χ0v) is 14.1. The van der Waals surface area contributed by atoms with E-state index in [-0.39, 0.29) is 32.7 Å². The van der Waals surface area contributed by atoms with Gasteiger partial charge < -0.3 is 0 Å². The minimum Gasteiger partial charge on any atom is -0.297 e. The van der Waals surface area contributed by atoms with E-state index < -0.39 is 0 Å². The van der Waals surface area contributed by atoms with Crippen LogP contribution in [0.1, 0.15) is 0 Å². The molecule has 97 valence electrons. The van der Waals surface area contributed by atoms with Crippen LogP contribution in [-0.2, 0) is 32.7 Å². The van der Waals surface area contributed by atoms with Gasteiger partial charge in [0, 0.05) is 45.1 Å². The number of pyridine rings is 2. The Morgan fingerprint density at radius 2 is 1.62 bits per heavy atom. The summed E-state index contributed by atoms with van der Waals surface area (Å²) in [7, 11) is 0. The summed E-state index contributed by atoms with van der Waals surface area (Å²) in [4.78, 5) is 8.71. The van der Waals surface area contributed by atoms with Crippen molar-refractivity contribution < 1.29 is 32.7 Å². The van der Waals surface area contributed by atoms with E-state index in [9.17, 15) is 0 Å². The molecule has 2 heterocycles. The number of benzene rings is 2. The summed E-state index contributed by atoms with van der Waals surface area (Å²) >= 11 is 0. The van der Waals surface area contributed by atoms with E-state index in [1.165, 1.54) is 0 Å². The number of nitrogens with zero attached hydrogens (tertiary/aromatic N) is 2. The average molecular weight is 343 g/mol. The second-order valence-corrected chi connectivity index (χ2v) is 4.60. The van der Waals surface area contributed by atoms with Crippen molar-refractivity contribution in [3.8, 4) is 11.1 Å². The van der Waals surface area contributed by atoms with E-state index in [4.69, 9.17) is 0 Å². The normalized spacial score (nSPS) is 10.5. The molecule has 0 saturated heterocycles. The maximum atomic E-state index is 4.38. The minimum atomic E-state index is 0. The summed E-state index contributed by atoms with van der Waals surface area (Å²) in [6.07, 6.45) is 3.60. The molecule has 0 N–H and O–H groups in total. The van der Waals surface area contributed by atoms with Crippen LogP contribution in [0.4, 0.5) is 0 Å². The van der Waals surface area contributed by atoms with Gasteiger partial charge in [0.05, 0.1) is 0 Å². The van der Waals surface area contributed by atoms with Crippen molar-refractivity contribution in [2.75, 3.05) is 0 Å². The molecule has 0 aliphatic carbocycles. The Bertz CT molecular complexity index is 913. The predicted octanol–water partition coefficient (Wildman–Crippen LogP) is 4.05. The first-order chi connectivity index (χ1) is 9.92. The molecule has 0 saturated carbocycles. The van der Waals surface area contributed by atoms with Crippen molar-refractivity contribution in [3.05, 3.63) is 73.1 Å². The maximum Gasteiger partial charge on any atom is 0.0247 e. The van der Waals surface area contributed by atoms with Crippen LogP contribution in [0.15, 0.2) is 60.9 Å². The number of fused-ring (bicyclic) bond motifs is 2. The fraction of sp³-hybridized carbons (Fsp3) is 0. The van der Waals surface area contributed by atoms with E-state index in [2.05, 4.69) is 28.2 Å². The Morgan fingerprint density at radius 1 is 0.810 bits per heavy atom. The molecule has 4 aromatic rings. The molecular formula is C18H10N2Y-2. The van der Waals surface area contributed by atoms with Crippen molar-refractivity contribution in [2.45, 2.75) is 0 Å². The Labute approximate surface area is 148 Å². The summed E-state index contributed by atoms with van der Waals surface area (Å²) in [5, 5.41) is 2.11. The number of rotatable bonds is 1. The van der Waals surface area contributed by atoms with Crippen LogP contribution in [-0.4, -0.2) is 9.97 Å². The van der Waals surface area contributed by atoms with E-state index in [0.29, 0.717) is 0 Å². The SMILES string of the molecule is [Y].[c-]1ccc2ncccc2c1-c1[c-]c2cccnc2cc1. The predicted molar refractivity (Wildman–Crippen MR) is 80.2 cm³/mol. The van der Waals surface area contributed by atoms with Crippen LogP contribution in [0, 0.1) is 12.1 Å². The van der Waals surface area contributed by atoms with Gasteiger partial charge in [0.2, 0.25) is 0 Å². The van der Waals surface area contributed by atoms with Gasteiger partial charge in [-0.3, -0.25) is 9.97 Å². The van der Waals surface area contributed by atoms with Crippen LogP contribution in [0.3, 0.4) is 0 Å². The van der Waals surface area contributed by atoms with E-state index in [1.54, 1.807) is 12.4 Å². The molecule has 0 aliphatic rings. The van der Waals surface area contributed by atoms with Crippen molar-refractivity contribution in [2.24, 2.45) is 0 Å². The first-order valence-electron chi connectivity index (χ1n) is 6.45. The molecule has 0 aliphatic heterocycles. The van der Waals surface area contributed by atoms with Gasteiger partial charge in [-0.25, -0.2) is 5.56 Å². The Hall–Kier alpha value is -1.64. The average Bonchev–Trinajstić information content (AvgIpc) is 2.54. The van der Waals surface area contributed by atoms with Gasteiger partial charge in [0.15, 0.2) is 0 Å². The van der Waals surface area contributed by atoms with Crippen LogP contribution in [0.5, 0.6) is 0 Å². The fourth-order valence-corrected chi connectivity index (χ4v) is 2.42. The first kappa shape index (κ1) is 14.3. The number of hydrogen-bond acceptors (Lipinski definition) is 2. The maximum absolute atomic E-state index is 4.38. The van der Waals surface area contributed by atoms with Crippen molar-refractivity contribution in [1.82, 2.24) is 9.97 Å². The van der Waals surface area contributed by atoms with Gasteiger partial charge in [-0.2, -0.15) is 29.8 Å². The van der Waals surface area contributed by atoms with Gasteiger partial charge >= 0.3 is 0 Å². The van der Waals surface area contributed by atoms with Gasteiger partial charge in [-0.15, -0.1) is 35.0 Å². The van der Waals surface area contributed by atoms with E-state index in [0.717, 1.165) is 32.9 Å². The van der Waals surface area contributed by atoms with Crippen molar-refractivity contribution in [1.29, 1.82) is 0 Å². The molecule has 2 nitrogen and oxygen atoms in total. The monoisotopic (exact) mass is 343 g/mol. The fourth-order valence-electron chi connectivity index (χ4n) is 2.42. The summed E-state index contributed by atoms with van der Waals surface area (Å²) in [5.74, 6) is 0. The molecule has 0 atom stereocenters. The summed E-state index contributed by atoms with van der Waals surface area (Å²) in [5.41, 5.74) is 3.97. The van der Waals surface area contributed by atoms with E-state index >= 15 is 0 Å². The standard InChI is InChI=1S/C18H10N2.Y/c1-5-15(16-6-3-11-20-18(16)7-1)13-8-9-17-14(12-13)4-2-10-19-17;/h1-4,6-11H;/q-2;. The molecule has 0 unspecified atom stereocenters. The third kappa shape index (κ3) is 2.62. The summed E-state index contributed by atoms with van der Waals surface area (Å²) < 4.78 is 0. The largest absolute Gasteiger partial charge is 0.297 e. The first-order valence-corrected chi connectivity index (χ1v) is 6.45. The van der Waals surface area contributed by atoms with Gasteiger partial charge in [0.1, 0.15) is 0 Å². The molecule has 0 amide bonds. The van der Waals surface area contributed by atoms with Crippen molar-refractivity contribution >= 4 is 21.8 Å². The molecule has 0 fully saturated rings. The Morgan fingerprint density at radius 3 is 2.52 bits per heavy atom. The topological polar surface area (TPSA) is 25.8 Å². The zero-order valence-electron chi connectivity index (χ0n) is 11.2. The van der Waals surface area contributed by atoms with Crippen molar-refractivity contribution in [3.63, 3.8) is 0 Å². The third-order valence-electron chi connectivity index (χ3n) is 3.36. The molecule has 0 spiro atoms. The smallest absolute Gasteiger partial charge is 0.0247 e. The van der Waals surface area contributed by atoms with Gasteiger partial charge in [-0.1, -0.05) is 12.1 Å². The molecule has 4 rings (SSSR count). The molecular weight excluding hydrogens is 333 g/mol. The molecule has 2 aromatic heterocycles. The van der Waals surface area contributed by atoms with Crippen LogP contribution >= 0.6 is 0 Å². The van der Waals surface area contributed by atoms with Crippen LogP contribution in [0.25, 0.3) is 32.9 Å². The molecule has 1 radical (unpaired) electrons. The van der Waals surface area contributed by atoms with E-state index in [1.807, 2.05) is 42.5 Å². The second-order valence-electron chi connectivity index (χ2n) is 4.60. The summed E-state index contributed by atoms with van der Waals surface area (Å²) in [6, 6.07) is 22.6. The Kier molecular flexibility index (Phi) is 4.09. The molecule has 2 aromatic carbocycles. The third-order valence-corrected chi connectivity index (χ3v) is 3.36. The van der Waals surface area contributed by atoms with Gasteiger partial charge in [0.25, 0.3) is 0 Å². The number of hydrogen-bond donors (Lipinski definition) is 0. The van der Waals surface area contributed by atoms with Crippen LogP contribution < -0.4 is 0 Å². The van der Waals surface area contributed by atoms with Gasteiger partial charge in [-0.05, 0) is 11.0 Å². The van der Waals surface area contributed by atoms with Crippen LogP contribution in [0.2, 0.25) is 0 Å². The Balaban J connectivity index is 0.00000132. The minimum absolute atomic E-state index is 0. The molecule has 3 heteroatoms. The summed E-state index contributed by atoms with van der Waals surface area (Å²) in [6.45, 7) is 0. The molecule has 0 bridgehead atoms. The molecule has 21 heavy (non-hydrogen) atoms. The zero-order chi connectivity index (χ0) is 13.4. The second kappa shape index (κ2) is 6.01.